The van der Waals surface area contributed by atoms with Crippen LogP contribution in [0.25, 0.3) is 0 Å². The lowest BCUT2D eigenvalue weighted by Crippen LogP contribution is -2.13. The molecule has 32 heavy (non-hydrogen) atoms. The van der Waals surface area contributed by atoms with Crippen LogP contribution in [0.4, 0.5) is 0 Å². The summed E-state index contributed by atoms with van der Waals surface area (Å²) in [5.41, 5.74) is 3.12. The van der Waals surface area contributed by atoms with Gasteiger partial charge in [0.15, 0.2) is 5.78 Å². The largest absolute Gasteiger partial charge is 0.491 e. The van der Waals surface area contributed by atoms with Gasteiger partial charge in [0.05, 0.1) is 12.2 Å². The fourth-order valence-corrected chi connectivity index (χ4v) is 3.85. The van der Waals surface area contributed by atoms with Gasteiger partial charge in [0.1, 0.15) is 11.5 Å². The molecule has 2 atom stereocenters. The minimum Gasteiger partial charge on any atom is -0.491 e. The van der Waals surface area contributed by atoms with Crippen molar-refractivity contribution in [3.8, 4) is 11.5 Å². The van der Waals surface area contributed by atoms with Crippen LogP contribution in [0.1, 0.15) is 101 Å². The number of carbonyl (C=O) groups is 1. The third kappa shape index (κ3) is 8.68. The van der Waals surface area contributed by atoms with E-state index in [0.717, 1.165) is 61.2 Å². The maximum Gasteiger partial charge on any atom is 0.163 e. The van der Waals surface area contributed by atoms with Gasteiger partial charge in [-0.05, 0) is 68.9 Å². The van der Waals surface area contributed by atoms with E-state index in [0.29, 0.717) is 12.8 Å². The minimum atomic E-state index is 0.142. The molecule has 0 aliphatic heterocycles. The molecular formula is C29H42O3. The molecule has 0 aromatic heterocycles. The van der Waals surface area contributed by atoms with Crippen LogP contribution < -0.4 is 9.47 Å². The quantitative estimate of drug-likeness (QED) is 0.264. The molecule has 0 N–H and O–H groups in total. The Bertz CT molecular complexity index is 827. The van der Waals surface area contributed by atoms with Crippen LogP contribution in [-0.2, 0) is 12.8 Å². The van der Waals surface area contributed by atoms with E-state index >= 15 is 0 Å². The lowest BCUT2D eigenvalue weighted by molar-refractivity contribution is 0.0981. The summed E-state index contributed by atoms with van der Waals surface area (Å²) in [5.74, 6) is 1.84. The SMILES string of the molecule is CCCCC(C)Oc1cccc(C(=O)CCc2cc(CC)ccc2OC(C)CCCC)c1. The van der Waals surface area contributed by atoms with Gasteiger partial charge in [-0.2, -0.15) is 0 Å². The molecule has 0 radical (unpaired) electrons. The second-order valence-corrected chi connectivity index (χ2v) is 8.89. The average Bonchev–Trinajstić information content (AvgIpc) is 2.80. The highest BCUT2D eigenvalue weighted by Crippen LogP contribution is 2.26. The standard InChI is InChI=1S/C29H42O3/c1-6-9-12-22(4)31-27-15-11-14-25(21-27)28(30)18-17-26-20-24(8-3)16-19-29(26)32-23(5)13-10-7-2/h11,14-16,19-23H,6-10,12-13,17-18H2,1-5H3. The summed E-state index contributed by atoms with van der Waals surface area (Å²) in [6, 6.07) is 14.0. The zero-order valence-electron chi connectivity index (χ0n) is 20.8. The van der Waals surface area contributed by atoms with Crippen LogP contribution in [0.5, 0.6) is 11.5 Å². The smallest absolute Gasteiger partial charge is 0.163 e. The molecule has 0 aliphatic carbocycles. The van der Waals surface area contributed by atoms with Crippen LogP contribution in [0.2, 0.25) is 0 Å². The molecule has 2 unspecified atom stereocenters. The third-order valence-electron chi connectivity index (χ3n) is 5.90. The molecule has 0 spiro atoms. The van der Waals surface area contributed by atoms with E-state index in [1.165, 1.54) is 12.0 Å². The van der Waals surface area contributed by atoms with Crippen molar-refractivity contribution in [1.82, 2.24) is 0 Å². The molecule has 0 amide bonds. The first-order valence-corrected chi connectivity index (χ1v) is 12.5. The predicted molar refractivity (Wildman–Crippen MR) is 134 cm³/mol. The maximum atomic E-state index is 13.0. The van der Waals surface area contributed by atoms with Crippen molar-refractivity contribution in [2.45, 2.75) is 105 Å². The lowest BCUT2D eigenvalue weighted by Gasteiger charge is -2.18. The van der Waals surface area contributed by atoms with Gasteiger partial charge in [-0.1, -0.05) is 70.7 Å². The molecule has 3 heteroatoms. The zero-order chi connectivity index (χ0) is 23.3. The van der Waals surface area contributed by atoms with E-state index in [2.05, 4.69) is 52.8 Å². The van der Waals surface area contributed by atoms with E-state index in [1.807, 2.05) is 24.3 Å². The van der Waals surface area contributed by atoms with Crippen molar-refractivity contribution in [2.24, 2.45) is 0 Å². The Morgan fingerprint density at radius 1 is 0.875 bits per heavy atom. The number of rotatable bonds is 15. The Hall–Kier alpha value is -2.29. The topological polar surface area (TPSA) is 35.5 Å². The number of hydrogen-bond acceptors (Lipinski definition) is 3. The monoisotopic (exact) mass is 438 g/mol. The highest BCUT2D eigenvalue weighted by atomic mass is 16.5. The molecule has 3 nitrogen and oxygen atoms in total. The average molecular weight is 439 g/mol. The Balaban J connectivity index is 2.04. The fourth-order valence-electron chi connectivity index (χ4n) is 3.85. The molecular weight excluding hydrogens is 396 g/mol. The van der Waals surface area contributed by atoms with E-state index in [9.17, 15) is 4.79 Å². The summed E-state index contributed by atoms with van der Waals surface area (Å²) < 4.78 is 12.3. The van der Waals surface area contributed by atoms with Crippen LogP contribution in [0.3, 0.4) is 0 Å². The second kappa shape index (κ2) is 14.0. The van der Waals surface area contributed by atoms with E-state index in [4.69, 9.17) is 9.47 Å². The van der Waals surface area contributed by atoms with Crippen molar-refractivity contribution in [2.75, 3.05) is 0 Å². The Labute approximate surface area is 195 Å². The minimum absolute atomic E-state index is 0.142. The summed E-state index contributed by atoms with van der Waals surface area (Å²) in [6.45, 7) is 10.8. The van der Waals surface area contributed by atoms with E-state index < -0.39 is 0 Å². The Morgan fingerprint density at radius 2 is 1.56 bits per heavy atom. The van der Waals surface area contributed by atoms with E-state index in [1.54, 1.807) is 0 Å². The molecule has 0 heterocycles. The molecule has 0 aliphatic rings. The molecule has 176 valence electrons. The van der Waals surface area contributed by atoms with E-state index in [-0.39, 0.29) is 18.0 Å². The van der Waals surface area contributed by atoms with Crippen molar-refractivity contribution in [1.29, 1.82) is 0 Å². The van der Waals surface area contributed by atoms with Gasteiger partial charge >= 0.3 is 0 Å². The number of Topliss-reactive ketones (excluding diaryl/α,β-unsaturated/α-hetero) is 1. The van der Waals surface area contributed by atoms with Gasteiger partial charge in [-0.3, -0.25) is 4.79 Å². The van der Waals surface area contributed by atoms with Crippen LogP contribution in [-0.4, -0.2) is 18.0 Å². The van der Waals surface area contributed by atoms with Gasteiger partial charge in [0.2, 0.25) is 0 Å². The maximum absolute atomic E-state index is 13.0. The van der Waals surface area contributed by atoms with Crippen molar-refractivity contribution in [3.63, 3.8) is 0 Å². The number of benzene rings is 2. The van der Waals surface area contributed by atoms with Gasteiger partial charge in [-0.15, -0.1) is 0 Å². The number of ether oxygens (including phenoxy) is 2. The van der Waals surface area contributed by atoms with Crippen LogP contribution in [0, 0.1) is 0 Å². The van der Waals surface area contributed by atoms with Crippen LogP contribution >= 0.6 is 0 Å². The Kier molecular flexibility index (Phi) is 11.3. The molecule has 0 bridgehead atoms. The zero-order valence-corrected chi connectivity index (χ0v) is 20.8. The normalized spacial score (nSPS) is 12.9. The highest BCUT2D eigenvalue weighted by Gasteiger charge is 2.13. The predicted octanol–water partition coefficient (Wildman–Crippen LogP) is 7.98. The first kappa shape index (κ1) is 26.0. The molecule has 0 saturated heterocycles. The fraction of sp³-hybridized carbons (Fsp3) is 0.552. The summed E-state index contributed by atoms with van der Waals surface area (Å²) in [5, 5.41) is 0. The van der Waals surface area contributed by atoms with Crippen molar-refractivity contribution < 1.29 is 14.3 Å². The lowest BCUT2D eigenvalue weighted by atomic mass is 9.99. The first-order valence-electron chi connectivity index (χ1n) is 12.5. The highest BCUT2D eigenvalue weighted by molar-refractivity contribution is 5.96. The summed E-state index contributed by atoms with van der Waals surface area (Å²) in [6.07, 6.45) is 9.18. The summed E-state index contributed by atoms with van der Waals surface area (Å²) in [4.78, 5) is 13.0. The molecule has 2 rings (SSSR count). The van der Waals surface area contributed by atoms with Gasteiger partial charge in [0.25, 0.3) is 0 Å². The molecule has 0 saturated carbocycles. The Morgan fingerprint density at radius 3 is 2.22 bits per heavy atom. The number of hydrogen-bond donors (Lipinski definition) is 0. The third-order valence-corrected chi connectivity index (χ3v) is 5.90. The van der Waals surface area contributed by atoms with Gasteiger partial charge < -0.3 is 9.47 Å². The molecule has 2 aromatic rings. The van der Waals surface area contributed by atoms with Crippen molar-refractivity contribution >= 4 is 5.78 Å². The molecule has 2 aromatic carbocycles. The van der Waals surface area contributed by atoms with Gasteiger partial charge in [0, 0.05) is 12.0 Å². The summed E-state index contributed by atoms with van der Waals surface area (Å²) in [7, 11) is 0. The second-order valence-electron chi connectivity index (χ2n) is 8.89. The molecule has 0 fully saturated rings. The van der Waals surface area contributed by atoms with Gasteiger partial charge in [-0.25, -0.2) is 0 Å². The number of aryl methyl sites for hydroxylation is 2. The number of carbonyl (C=O) groups excluding carboxylic acids is 1. The number of ketones is 1. The van der Waals surface area contributed by atoms with Crippen LogP contribution in [0.15, 0.2) is 42.5 Å². The van der Waals surface area contributed by atoms with Crippen molar-refractivity contribution in [3.05, 3.63) is 59.2 Å². The number of unbranched alkanes of at least 4 members (excludes halogenated alkanes) is 2. The first-order chi connectivity index (χ1) is 15.5. The summed E-state index contributed by atoms with van der Waals surface area (Å²) >= 11 is 0.